The van der Waals surface area contributed by atoms with E-state index in [9.17, 15) is 9.18 Å². The van der Waals surface area contributed by atoms with Gasteiger partial charge in [-0.1, -0.05) is 30.3 Å². The Morgan fingerprint density at radius 2 is 1.95 bits per heavy atom. The lowest BCUT2D eigenvalue weighted by atomic mass is 10.1. The van der Waals surface area contributed by atoms with E-state index in [0.717, 1.165) is 9.13 Å². The summed E-state index contributed by atoms with van der Waals surface area (Å²) in [5.41, 5.74) is 1.10. The molecule has 0 aliphatic heterocycles. The van der Waals surface area contributed by atoms with E-state index in [2.05, 4.69) is 0 Å². The van der Waals surface area contributed by atoms with Gasteiger partial charge in [-0.3, -0.25) is 4.79 Å². The summed E-state index contributed by atoms with van der Waals surface area (Å²) in [5.74, 6) is -0.382. The summed E-state index contributed by atoms with van der Waals surface area (Å²) in [6.07, 6.45) is 0. The Balaban J connectivity index is 2.17. The summed E-state index contributed by atoms with van der Waals surface area (Å²) in [6.45, 7) is 1.72. The van der Waals surface area contributed by atoms with Gasteiger partial charge >= 0.3 is 0 Å². The highest BCUT2D eigenvalue weighted by atomic mass is 127. The minimum Gasteiger partial charge on any atom is -0.488 e. The molecule has 2 nitrogen and oxygen atoms in total. The molecule has 0 heterocycles. The highest BCUT2D eigenvalue weighted by molar-refractivity contribution is 14.1. The number of rotatable bonds is 4. The van der Waals surface area contributed by atoms with Crippen LogP contribution in [-0.4, -0.2) is 5.78 Å². The maximum Gasteiger partial charge on any atom is 0.162 e. The predicted molar refractivity (Wildman–Crippen MR) is 79.9 cm³/mol. The Morgan fingerprint density at radius 1 is 1.26 bits per heavy atom. The van der Waals surface area contributed by atoms with Gasteiger partial charge in [-0.25, -0.2) is 4.39 Å². The molecule has 0 atom stereocenters. The van der Waals surface area contributed by atoms with Crippen LogP contribution in [0.5, 0.6) is 5.75 Å². The number of carbonyl (C=O) groups is 1. The van der Waals surface area contributed by atoms with Crippen LogP contribution in [-0.2, 0) is 6.61 Å². The molecule has 0 radical (unpaired) electrons. The molecule has 98 valence electrons. The second-order valence-corrected chi connectivity index (χ2v) is 5.26. The Labute approximate surface area is 124 Å². The number of hydrogen-bond acceptors (Lipinski definition) is 2. The maximum atomic E-state index is 13.7. The zero-order valence-electron chi connectivity index (χ0n) is 10.3. The van der Waals surface area contributed by atoms with Gasteiger partial charge in [0.1, 0.15) is 18.2 Å². The Hall–Kier alpha value is -1.43. The molecule has 0 aliphatic carbocycles. The minimum atomic E-state index is -0.545. The lowest BCUT2D eigenvalue weighted by Crippen LogP contribution is -2.02. The van der Waals surface area contributed by atoms with Crippen molar-refractivity contribution in [3.63, 3.8) is 0 Å². The van der Waals surface area contributed by atoms with Gasteiger partial charge in [0.05, 0.1) is 9.13 Å². The van der Waals surface area contributed by atoms with Crippen LogP contribution >= 0.6 is 22.6 Å². The normalized spacial score (nSPS) is 10.3. The lowest BCUT2D eigenvalue weighted by Gasteiger charge is -2.10. The van der Waals surface area contributed by atoms with E-state index in [0.29, 0.717) is 12.4 Å². The third-order valence-electron chi connectivity index (χ3n) is 2.64. The topological polar surface area (TPSA) is 26.3 Å². The lowest BCUT2D eigenvalue weighted by molar-refractivity contribution is 0.101. The van der Waals surface area contributed by atoms with Crippen LogP contribution in [0.15, 0.2) is 42.5 Å². The Kier molecular flexibility index (Phi) is 4.52. The molecule has 2 rings (SSSR count). The fraction of sp³-hybridized carbons (Fsp3) is 0.133. The number of hydrogen-bond donors (Lipinski definition) is 0. The first-order chi connectivity index (χ1) is 9.08. The number of ether oxygens (including phenoxy) is 1. The standard InChI is InChI=1S/C15H12FIO2/c1-10(18)12-7-14(17)15(8-13(12)16)19-9-11-5-3-2-4-6-11/h2-8H,9H2,1H3. The monoisotopic (exact) mass is 370 g/mol. The molecule has 0 bridgehead atoms. The highest BCUT2D eigenvalue weighted by Crippen LogP contribution is 2.25. The summed E-state index contributed by atoms with van der Waals surface area (Å²) in [5, 5.41) is 0. The van der Waals surface area contributed by atoms with Gasteiger partial charge in [0.25, 0.3) is 0 Å². The minimum absolute atomic E-state index is 0.0939. The van der Waals surface area contributed by atoms with Crippen molar-refractivity contribution in [3.05, 3.63) is 63.0 Å². The Bertz CT molecular complexity index is 597. The van der Waals surface area contributed by atoms with E-state index < -0.39 is 5.82 Å². The average Bonchev–Trinajstić information content (AvgIpc) is 2.40. The van der Waals surface area contributed by atoms with Crippen molar-refractivity contribution < 1.29 is 13.9 Å². The molecule has 0 aromatic heterocycles. The second kappa shape index (κ2) is 6.14. The van der Waals surface area contributed by atoms with Crippen LogP contribution in [0.3, 0.4) is 0 Å². The molecule has 0 aliphatic rings. The van der Waals surface area contributed by atoms with Gasteiger partial charge in [0, 0.05) is 6.07 Å². The van der Waals surface area contributed by atoms with Crippen LogP contribution in [0, 0.1) is 9.39 Å². The first kappa shape index (κ1) is 14.0. The summed E-state index contributed by atoms with van der Waals surface area (Å²) in [6, 6.07) is 12.4. The quantitative estimate of drug-likeness (QED) is 0.595. The van der Waals surface area contributed by atoms with Crippen molar-refractivity contribution in [1.82, 2.24) is 0 Å². The van der Waals surface area contributed by atoms with Crippen molar-refractivity contribution in [3.8, 4) is 5.75 Å². The first-order valence-corrected chi connectivity index (χ1v) is 6.82. The van der Waals surface area contributed by atoms with Crippen molar-refractivity contribution in [2.45, 2.75) is 13.5 Å². The van der Waals surface area contributed by atoms with Crippen LogP contribution in [0.2, 0.25) is 0 Å². The zero-order valence-corrected chi connectivity index (χ0v) is 12.5. The second-order valence-electron chi connectivity index (χ2n) is 4.09. The highest BCUT2D eigenvalue weighted by Gasteiger charge is 2.12. The molecule has 0 unspecified atom stereocenters. The van der Waals surface area contributed by atoms with Gasteiger partial charge in [-0.05, 0) is 41.1 Å². The average molecular weight is 370 g/mol. The fourth-order valence-electron chi connectivity index (χ4n) is 1.64. The zero-order chi connectivity index (χ0) is 13.8. The predicted octanol–water partition coefficient (Wildman–Crippen LogP) is 4.21. The number of benzene rings is 2. The third-order valence-corrected chi connectivity index (χ3v) is 3.48. The van der Waals surface area contributed by atoms with Crippen LogP contribution in [0.25, 0.3) is 0 Å². The number of Topliss-reactive ketones (excluding diaryl/α,β-unsaturated/α-hetero) is 1. The smallest absolute Gasteiger partial charge is 0.162 e. The van der Waals surface area contributed by atoms with Crippen molar-refractivity contribution in [2.75, 3.05) is 0 Å². The molecule has 0 N–H and O–H groups in total. The van der Waals surface area contributed by atoms with Gasteiger partial charge in [0.2, 0.25) is 0 Å². The van der Waals surface area contributed by atoms with Gasteiger partial charge in [0.15, 0.2) is 5.78 Å². The third kappa shape index (κ3) is 3.53. The summed E-state index contributed by atoms with van der Waals surface area (Å²) < 4.78 is 20.0. The molecule has 0 saturated heterocycles. The number of carbonyl (C=O) groups excluding carboxylic acids is 1. The molecule has 19 heavy (non-hydrogen) atoms. The molecule has 0 spiro atoms. The molecule has 0 saturated carbocycles. The van der Waals surface area contributed by atoms with Crippen molar-refractivity contribution in [1.29, 1.82) is 0 Å². The molecular weight excluding hydrogens is 358 g/mol. The van der Waals surface area contributed by atoms with Crippen LogP contribution in [0.4, 0.5) is 4.39 Å². The summed E-state index contributed by atoms with van der Waals surface area (Å²) in [4.78, 5) is 11.2. The largest absolute Gasteiger partial charge is 0.488 e. The summed E-state index contributed by atoms with van der Waals surface area (Å²) in [7, 11) is 0. The Morgan fingerprint density at radius 3 is 2.58 bits per heavy atom. The van der Waals surface area contributed by atoms with Crippen LogP contribution < -0.4 is 4.74 Å². The van der Waals surface area contributed by atoms with Gasteiger partial charge in [-0.15, -0.1) is 0 Å². The van der Waals surface area contributed by atoms with E-state index in [4.69, 9.17) is 4.74 Å². The molecule has 0 fully saturated rings. The number of halogens is 2. The van der Waals surface area contributed by atoms with Crippen molar-refractivity contribution >= 4 is 28.4 Å². The van der Waals surface area contributed by atoms with Crippen molar-refractivity contribution in [2.24, 2.45) is 0 Å². The maximum absolute atomic E-state index is 13.7. The molecule has 4 heteroatoms. The van der Waals surface area contributed by atoms with Gasteiger partial charge in [-0.2, -0.15) is 0 Å². The molecule has 2 aromatic rings. The van der Waals surface area contributed by atoms with E-state index >= 15 is 0 Å². The molecule has 2 aromatic carbocycles. The van der Waals surface area contributed by atoms with E-state index in [-0.39, 0.29) is 11.3 Å². The van der Waals surface area contributed by atoms with E-state index in [1.165, 1.54) is 19.1 Å². The van der Waals surface area contributed by atoms with Crippen LogP contribution in [0.1, 0.15) is 22.8 Å². The molecular formula is C15H12FIO2. The SMILES string of the molecule is CC(=O)c1cc(I)c(OCc2ccccc2)cc1F. The molecule has 0 amide bonds. The first-order valence-electron chi connectivity index (χ1n) is 5.74. The number of ketones is 1. The van der Waals surface area contributed by atoms with E-state index in [1.807, 2.05) is 52.9 Å². The fourth-order valence-corrected chi connectivity index (χ4v) is 2.27. The van der Waals surface area contributed by atoms with Gasteiger partial charge < -0.3 is 4.74 Å². The summed E-state index contributed by atoms with van der Waals surface area (Å²) >= 11 is 2.03. The van der Waals surface area contributed by atoms with E-state index in [1.54, 1.807) is 0 Å².